The highest BCUT2D eigenvalue weighted by Gasteiger charge is 2.28. The van der Waals surface area contributed by atoms with Crippen molar-refractivity contribution in [1.82, 2.24) is 10.2 Å². The van der Waals surface area contributed by atoms with E-state index in [4.69, 9.17) is 11.6 Å². The predicted molar refractivity (Wildman–Crippen MR) is 85.4 cm³/mol. The largest absolute Gasteiger partial charge is 0.322 e. The summed E-state index contributed by atoms with van der Waals surface area (Å²) < 4.78 is 0. The van der Waals surface area contributed by atoms with Crippen LogP contribution >= 0.6 is 11.6 Å². The van der Waals surface area contributed by atoms with Crippen molar-refractivity contribution in [1.29, 1.82) is 0 Å². The number of anilines is 3. The van der Waals surface area contributed by atoms with Crippen molar-refractivity contribution in [2.24, 2.45) is 0 Å². The van der Waals surface area contributed by atoms with Gasteiger partial charge in [-0.1, -0.05) is 18.5 Å². The Balaban J connectivity index is 2.21. The zero-order valence-electron chi connectivity index (χ0n) is 12.1. The van der Waals surface area contributed by atoms with E-state index in [1.54, 1.807) is 11.0 Å². The Bertz CT molecular complexity index is 811. The van der Waals surface area contributed by atoms with Gasteiger partial charge in [-0.2, -0.15) is 0 Å². The summed E-state index contributed by atoms with van der Waals surface area (Å²) >= 11 is 5.84. The first-order valence-corrected chi connectivity index (χ1v) is 7.29. The van der Waals surface area contributed by atoms with Gasteiger partial charge in [0.2, 0.25) is 0 Å². The second-order valence-electron chi connectivity index (χ2n) is 4.97. The predicted octanol–water partition coefficient (Wildman–Crippen LogP) is 3.15. The zero-order chi connectivity index (χ0) is 16.6. The second kappa shape index (κ2) is 5.81. The molecule has 0 atom stereocenters. The highest BCUT2D eigenvalue weighted by atomic mass is 35.5. The molecule has 0 bridgehead atoms. The van der Waals surface area contributed by atoms with E-state index in [0.717, 1.165) is 6.42 Å². The van der Waals surface area contributed by atoms with Crippen LogP contribution in [0.5, 0.6) is 0 Å². The Labute approximate surface area is 136 Å². The lowest BCUT2D eigenvalue weighted by Gasteiger charge is -2.23. The van der Waals surface area contributed by atoms with Crippen LogP contribution in [0.4, 0.5) is 22.9 Å². The fraction of sp³-hybridized carbons (Fsp3) is 0.214. The topological polar surface area (TPSA) is 101 Å². The van der Waals surface area contributed by atoms with Gasteiger partial charge in [0.25, 0.3) is 11.6 Å². The van der Waals surface area contributed by atoms with Crippen LogP contribution < -0.4 is 10.2 Å². The van der Waals surface area contributed by atoms with E-state index in [1.807, 2.05) is 6.92 Å². The molecular formula is C14H12ClN5O3. The Morgan fingerprint density at radius 2 is 2.13 bits per heavy atom. The summed E-state index contributed by atoms with van der Waals surface area (Å²) in [7, 11) is 0. The molecule has 1 aromatic carbocycles. The molecule has 1 N–H and O–H groups in total. The minimum atomic E-state index is -0.509. The van der Waals surface area contributed by atoms with Crippen molar-refractivity contribution in [2.75, 3.05) is 16.8 Å². The number of nitrogens with one attached hydrogen (secondary N) is 1. The van der Waals surface area contributed by atoms with Gasteiger partial charge in [0, 0.05) is 18.7 Å². The number of carbonyl (C=O) groups is 1. The van der Waals surface area contributed by atoms with Gasteiger partial charge >= 0.3 is 0 Å². The first-order valence-electron chi connectivity index (χ1n) is 6.92. The summed E-state index contributed by atoms with van der Waals surface area (Å²) in [4.78, 5) is 24.7. The number of amides is 1. The number of hydrogen-bond acceptors (Lipinski definition) is 6. The Hall–Kier alpha value is -2.74. The number of non-ortho nitro benzene ring substituents is 1. The minimum absolute atomic E-state index is 0.101. The second-order valence-corrected chi connectivity index (χ2v) is 5.36. The summed E-state index contributed by atoms with van der Waals surface area (Å²) in [5, 5.41) is 21.6. The molecule has 1 aliphatic heterocycles. The molecule has 1 aliphatic rings. The lowest BCUT2D eigenvalue weighted by atomic mass is 10.2. The summed E-state index contributed by atoms with van der Waals surface area (Å²) in [6.45, 7) is 2.55. The molecule has 1 aromatic heterocycles. The van der Waals surface area contributed by atoms with Crippen molar-refractivity contribution in [3.63, 3.8) is 0 Å². The molecule has 0 saturated carbocycles. The van der Waals surface area contributed by atoms with Crippen molar-refractivity contribution < 1.29 is 9.72 Å². The number of rotatable bonds is 3. The molecule has 0 aliphatic carbocycles. The molecule has 9 heteroatoms. The van der Waals surface area contributed by atoms with Crippen molar-refractivity contribution in [2.45, 2.75) is 13.3 Å². The van der Waals surface area contributed by atoms with Crippen LogP contribution in [0.15, 0.2) is 24.3 Å². The van der Waals surface area contributed by atoms with E-state index in [0.29, 0.717) is 23.7 Å². The minimum Gasteiger partial charge on any atom is -0.322 e. The molecule has 3 rings (SSSR count). The standard InChI is InChI=1S/C14H12ClN5O3/c1-2-5-19-11-4-3-8(20(22)23)6-10(11)16-14(21)9-7-12(15)17-18-13(9)19/h3-4,6-7H,2,5H2,1H3,(H,16,21). The van der Waals surface area contributed by atoms with Gasteiger partial charge in [-0.3, -0.25) is 14.9 Å². The van der Waals surface area contributed by atoms with Crippen LogP contribution in [0.1, 0.15) is 23.7 Å². The van der Waals surface area contributed by atoms with Crippen LogP contribution in [0, 0.1) is 10.1 Å². The quantitative estimate of drug-likeness (QED) is 0.684. The third kappa shape index (κ3) is 2.68. The molecule has 118 valence electrons. The van der Waals surface area contributed by atoms with Crippen LogP contribution in [0.25, 0.3) is 0 Å². The van der Waals surface area contributed by atoms with Gasteiger partial charge in [0.1, 0.15) is 0 Å². The lowest BCUT2D eigenvalue weighted by Crippen LogP contribution is -2.21. The number of hydrogen-bond donors (Lipinski definition) is 1. The molecule has 2 aromatic rings. The van der Waals surface area contributed by atoms with Gasteiger partial charge in [-0.25, -0.2) is 0 Å². The maximum Gasteiger partial charge on any atom is 0.271 e. The average Bonchev–Trinajstić information content (AvgIpc) is 2.63. The summed E-state index contributed by atoms with van der Waals surface area (Å²) in [6.07, 6.45) is 0.786. The summed E-state index contributed by atoms with van der Waals surface area (Å²) in [5.74, 6) is -0.0569. The molecule has 0 unspecified atom stereocenters. The fourth-order valence-corrected chi connectivity index (χ4v) is 2.60. The maximum atomic E-state index is 12.4. The number of nitro benzene ring substituents is 1. The zero-order valence-corrected chi connectivity index (χ0v) is 12.9. The van der Waals surface area contributed by atoms with Crippen LogP contribution in [-0.2, 0) is 0 Å². The van der Waals surface area contributed by atoms with E-state index in [2.05, 4.69) is 15.5 Å². The number of nitrogens with zero attached hydrogens (tertiary/aromatic N) is 4. The number of carbonyl (C=O) groups excluding carboxylic acids is 1. The normalized spacial score (nSPS) is 13.0. The molecule has 8 nitrogen and oxygen atoms in total. The van der Waals surface area contributed by atoms with Crippen molar-refractivity contribution in [3.05, 3.63) is 45.1 Å². The monoisotopic (exact) mass is 333 g/mol. The van der Waals surface area contributed by atoms with Gasteiger partial charge < -0.3 is 10.2 Å². The number of aromatic nitrogens is 2. The number of halogens is 1. The van der Waals surface area contributed by atoms with Gasteiger partial charge in [0.05, 0.1) is 21.9 Å². The molecular weight excluding hydrogens is 322 g/mol. The fourth-order valence-electron chi connectivity index (χ4n) is 2.45. The number of benzene rings is 1. The SMILES string of the molecule is CCCN1c2ccc([N+](=O)[O-])cc2NC(=O)c2cc(Cl)nnc21. The third-order valence-electron chi connectivity index (χ3n) is 3.42. The first kappa shape index (κ1) is 15.2. The molecule has 1 amide bonds. The molecule has 0 radical (unpaired) electrons. The molecule has 2 heterocycles. The van der Waals surface area contributed by atoms with E-state index in [1.165, 1.54) is 18.2 Å². The number of fused-ring (bicyclic) bond motifs is 2. The maximum absolute atomic E-state index is 12.4. The van der Waals surface area contributed by atoms with E-state index in [9.17, 15) is 14.9 Å². The Morgan fingerprint density at radius 1 is 1.35 bits per heavy atom. The van der Waals surface area contributed by atoms with E-state index >= 15 is 0 Å². The Kier molecular flexibility index (Phi) is 3.83. The first-order chi connectivity index (χ1) is 11.0. The highest BCUT2D eigenvalue weighted by molar-refractivity contribution is 6.30. The van der Waals surface area contributed by atoms with Crippen LogP contribution in [-0.4, -0.2) is 27.6 Å². The average molecular weight is 334 g/mol. The van der Waals surface area contributed by atoms with Gasteiger partial charge in [0.15, 0.2) is 11.0 Å². The van der Waals surface area contributed by atoms with Crippen molar-refractivity contribution in [3.8, 4) is 0 Å². The highest BCUT2D eigenvalue weighted by Crippen LogP contribution is 2.38. The van der Waals surface area contributed by atoms with Crippen LogP contribution in [0.3, 0.4) is 0 Å². The van der Waals surface area contributed by atoms with Gasteiger partial charge in [-0.15, -0.1) is 10.2 Å². The number of nitro groups is 1. The molecule has 0 spiro atoms. The molecule has 23 heavy (non-hydrogen) atoms. The third-order valence-corrected chi connectivity index (χ3v) is 3.61. The smallest absolute Gasteiger partial charge is 0.271 e. The summed E-state index contributed by atoms with van der Waals surface area (Å²) in [5.41, 5.74) is 1.15. The van der Waals surface area contributed by atoms with Crippen molar-refractivity contribution >= 4 is 40.4 Å². The molecule has 0 saturated heterocycles. The lowest BCUT2D eigenvalue weighted by molar-refractivity contribution is -0.384. The van der Waals surface area contributed by atoms with E-state index < -0.39 is 10.8 Å². The molecule has 0 fully saturated rings. The van der Waals surface area contributed by atoms with Crippen LogP contribution in [0.2, 0.25) is 5.15 Å². The van der Waals surface area contributed by atoms with Gasteiger partial charge in [-0.05, 0) is 18.6 Å². The Morgan fingerprint density at radius 3 is 2.83 bits per heavy atom. The van der Waals surface area contributed by atoms with E-state index in [-0.39, 0.29) is 16.4 Å². The summed E-state index contributed by atoms with van der Waals surface area (Å²) in [6, 6.07) is 5.75.